The predicted octanol–water partition coefficient (Wildman–Crippen LogP) is 4.67. The molecule has 0 saturated heterocycles. The SMILES string of the molecule is CCN(Sc1ccc(=O)n(C)c1)[C@H](c1ccc(Cl)cc1)C(F)(F)F. The fourth-order valence-corrected chi connectivity index (χ4v) is 3.43. The number of benzene rings is 1. The normalized spacial score (nSPS) is 13.3. The lowest BCUT2D eigenvalue weighted by molar-refractivity contribution is -0.172. The van der Waals surface area contributed by atoms with Gasteiger partial charge in [-0.1, -0.05) is 30.7 Å². The topological polar surface area (TPSA) is 25.2 Å². The molecule has 0 spiro atoms. The van der Waals surface area contributed by atoms with Gasteiger partial charge in [0.05, 0.1) is 0 Å². The number of alkyl halides is 3. The van der Waals surface area contributed by atoms with Crippen molar-refractivity contribution in [3.63, 3.8) is 0 Å². The Bertz CT molecular complexity index is 746. The lowest BCUT2D eigenvalue weighted by Gasteiger charge is -2.31. The van der Waals surface area contributed by atoms with Crippen molar-refractivity contribution < 1.29 is 13.2 Å². The number of hydrogen-bond acceptors (Lipinski definition) is 3. The van der Waals surface area contributed by atoms with Gasteiger partial charge in [-0.15, -0.1) is 0 Å². The fourth-order valence-electron chi connectivity index (χ4n) is 2.22. The Morgan fingerprint density at radius 2 is 1.83 bits per heavy atom. The maximum Gasteiger partial charge on any atom is 0.408 e. The Kier molecular flexibility index (Phi) is 6.01. The molecule has 2 aromatic rings. The van der Waals surface area contributed by atoms with Gasteiger partial charge in [-0.3, -0.25) is 4.79 Å². The van der Waals surface area contributed by atoms with Crippen molar-refractivity contribution in [2.75, 3.05) is 6.54 Å². The molecule has 0 aliphatic heterocycles. The number of rotatable bonds is 5. The van der Waals surface area contributed by atoms with Crippen LogP contribution in [0.2, 0.25) is 5.02 Å². The van der Waals surface area contributed by atoms with Crippen LogP contribution in [0, 0.1) is 0 Å². The van der Waals surface area contributed by atoms with Crippen LogP contribution in [0.15, 0.2) is 52.3 Å². The summed E-state index contributed by atoms with van der Waals surface area (Å²) in [6, 6.07) is 6.73. The van der Waals surface area contributed by atoms with Crippen LogP contribution in [-0.2, 0) is 7.05 Å². The van der Waals surface area contributed by atoms with Crippen LogP contribution in [0.4, 0.5) is 13.2 Å². The third-order valence-corrected chi connectivity index (χ3v) is 4.78. The Morgan fingerprint density at radius 1 is 1.21 bits per heavy atom. The smallest absolute Gasteiger partial charge is 0.317 e. The molecule has 1 heterocycles. The van der Waals surface area contributed by atoms with Crippen LogP contribution in [0.25, 0.3) is 0 Å². The molecule has 3 nitrogen and oxygen atoms in total. The van der Waals surface area contributed by atoms with Gasteiger partial charge in [0, 0.05) is 35.8 Å². The van der Waals surface area contributed by atoms with Gasteiger partial charge in [-0.2, -0.15) is 13.2 Å². The van der Waals surface area contributed by atoms with Crippen LogP contribution in [-0.4, -0.2) is 21.6 Å². The predicted molar refractivity (Wildman–Crippen MR) is 90.2 cm³/mol. The van der Waals surface area contributed by atoms with Crippen LogP contribution in [0.3, 0.4) is 0 Å². The second-order valence-corrected chi connectivity index (χ2v) is 6.69. The quantitative estimate of drug-likeness (QED) is 0.709. The van der Waals surface area contributed by atoms with Crippen molar-refractivity contribution in [3.05, 3.63) is 63.5 Å². The Morgan fingerprint density at radius 3 is 2.33 bits per heavy atom. The average Bonchev–Trinajstić information content (AvgIpc) is 2.50. The highest BCUT2D eigenvalue weighted by atomic mass is 35.5. The lowest BCUT2D eigenvalue weighted by Crippen LogP contribution is -2.34. The molecule has 0 unspecified atom stereocenters. The highest BCUT2D eigenvalue weighted by molar-refractivity contribution is 7.97. The molecule has 0 amide bonds. The van der Waals surface area contributed by atoms with E-state index in [4.69, 9.17) is 11.6 Å². The number of aromatic nitrogens is 1. The average molecular weight is 377 g/mol. The first kappa shape index (κ1) is 18.9. The third kappa shape index (κ3) is 4.55. The van der Waals surface area contributed by atoms with Gasteiger partial charge in [0.15, 0.2) is 0 Å². The summed E-state index contributed by atoms with van der Waals surface area (Å²) in [7, 11) is 1.56. The molecule has 0 N–H and O–H groups in total. The Labute approximate surface area is 147 Å². The molecule has 0 fully saturated rings. The fraction of sp³-hybridized carbons (Fsp3) is 0.312. The summed E-state index contributed by atoms with van der Waals surface area (Å²) in [4.78, 5) is 12.0. The number of pyridine rings is 1. The van der Waals surface area contributed by atoms with E-state index in [9.17, 15) is 18.0 Å². The van der Waals surface area contributed by atoms with Gasteiger partial charge >= 0.3 is 6.18 Å². The minimum atomic E-state index is -4.45. The van der Waals surface area contributed by atoms with E-state index in [1.807, 2.05) is 0 Å². The van der Waals surface area contributed by atoms with Gasteiger partial charge in [0.25, 0.3) is 0 Å². The number of halogens is 4. The van der Waals surface area contributed by atoms with E-state index in [1.165, 1.54) is 51.5 Å². The lowest BCUT2D eigenvalue weighted by atomic mass is 10.1. The van der Waals surface area contributed by atoms with Crippen LogP contribution < -0.4 is 5.56 Å². The molecule has 8 heteroatoms. The molecule has 0 saturated carbocycles. The first-order chi connectivity index (χ1) is 11.2. The summed E-state index contributed by atoms with van der Waals surface area (Å²) in [5, 5.41) is 0.383. The van der Waals surface area contributed by atoms with Crippen molar-refractivity contribution in [3.8, 4) is 0 Å². The molecular weight excluding hydrogens is 361 g/mol. The number of nitrogens with zero attached hydrogens (tertiary/aromatic N) is 2. The molecule has 1 atom stereocenters. The van der Waals surface area contributed by atoms with E-state index in [1.54, 1.807) is 14.0 Å². The molecule has 0 radical (unpaired) electrons. The highest BCUT2D eigenvalue weighted by Crippen LogP contribution is 2.42. The van der Waals surface area contributed by atoms with E-state index in [2.05, 4.69) is 0 Å². The molecule has 0 aliphatic carbocycles. The maximum absolute atomic E-state index is 13.6. The van der Waals surface area contributed by atoms with Gasteiger partial charge < -0.3 is 4.57 Å². The highest BCUT2D eigenvalue weighted by Gasteiger charge is 2.44. The molecule has 0 aliphatic rings. The van der Waals surface area contributed by atoms with Crippen LogP contribution >= 0.6 is 23.5 Å². The molecule has 130 valence electrons. The van der Waals surface area contributed by atoms with Gasteiger partial charge in [0.1, 0.15) is 6.04 Å². The zero-order valence-electron chi connectivity index (χ0n) is 13.0. The van der Waals surface area contributed by atoms with E-state index in [0.29, 0.717) is 9.92 Å². The molecule has 0 bridgehead atoms. The first-order valence-electron chi connectivity index (χ1n) is 7.16. The van der Waals surface area contributed by atoms with E-state index >= 15 is 0 Å². The van der Waals surface area contributed by atoms with E-state index in [-0.39, 0.29) is 17.7 Å². The molecular formula is C16H16ClF3N2OS. The zero-order chi connectivity index (χ0) is 17.9. The largest absolute Gasteiger partial charge is 0.408 e. The van der Waals surface area contributed by atoms with Crippen molar-refractivity contribution in [1.82, 2.24) is 8.87 Å². The zero-order valence-corrected chi connectivity index (χ0v) is 14.6. The third-order valence-electron chi connectivity index (χ3n) is 3.38. The number of hydrogen-bond donors (Lipinski definition) is 0. The van der Waals surface area contributed by atoms with Crippen LogP contribution in [0.1, 0.15) is 18.5 Å². The van der Waals surface area contributed by atoms with Gasteiger partial charge in [-0.05, 0) is 35.7 Å². The van der Waals surface area contributed by atoms with Crippen molar-refractivity contribution in [1.29, 1.82) is 0 Å². The summed E-state index contributed by atoms with van der Waals surface area (Å²) >= 11 is 6.74. The van der Waals surface area contributed by atoms with E-state index in [0.717, 1.165) is 11.9 Å². The Hall–Kier alpha value is -1.44. The van der Waals surface area contributed by atoms with Crippen molar-refractivity contribution >= 4 is 23.5 Å². The van der Waals surface area contributed by atoms with E-state index < -0.39 is 12.2 Å². The number of aryl methyl sites for hydroxylation is 1. The standard InChI is InChI=1S/C16H16ClF3N2OS/c1-3-22(24-13-8-9-14(23)21(2)10-13)15(16(18,19)20)11-4-6-12(17)7-5-11/h4-10,15H,3H2,1-2H3/t15-/m1/s1. The van der Waals surface area contributed by atoms with Crippen molar-refractivity contribution in [2.24, 2.45) is 7.05 Å². The summed E-state index contributed by atoms with van der Waals surface area (Å²) in [5.74, 6) is 0. The molecule has 24 heavy (non-hydrogen) atoms. The van der Waals surface area contributed by atoms with Crippen LogP contribution in [0.5, 0.6) is 0 Å². The minimum Gasteiger partial charge on any atom is -0.317 e. The summed E-state index contributed by atoms with van der Waals surface area (Å²) in [6.45, 7) is 1.82. The Balaban J connectivity index is 2.36. The second kappa shape index (κ2) is 7.63. The molecule has 1 aromatic carbocycles. The summed E-state index contributed by atoms with van der Waals surface area (Å²) in [6.07, 6.45) is -2.93. The van der Waals surface area contributed by atoms with Gasteiger partial charge in [-0.25, -0.2) is 4.31 Å². The van der Waals surface area contributed by atoms with Gasteiger partial charge in [0.2, 0.25) is 5.56 Å². The van der Waals surface area contributed by atoms with Crippen molar-refractivity contribution in [2.45, 2.75) is 24.0 Å². The summed E-state index contributed by atoms with van der Waals surface area (Å²) in [5.41, 5.74) is -0.0986. The minimum absolute atomic E-state index is 0.117. The molecule has 1 aromatic heterocycles. The molecule has 2 rings (SSSR count). The maximum atomic E-state index is 13.6. The first-order valence-corrected chi connectivity index (χ1v) is 8.31. The summed E-state index contributed by atoms with van der Waals surface area (Å²) < 4.78 is 43.5. The second-order valence-electron chi connectivity index (χ2n) is 5.13. The monoisotopic (exact) mass is 376 g/mol.